The molecule has 1 saturated heterocycles. The molecule has 1 aromatic rings. The van der Waals surface area contributed by atoms with E-state index in [1.807, 2.05) is 18.7 Å². The fraction of sp³-hybridized carbons (Fsp3) is 0.556. The van der Waals surface area contributed by atoms with Gasteiger partial charge in [-0.1, -0.05) is 19.9 Å². The normalized spacial score (nSPS) is 15.4. The van der Waals surface area contributed by atoms with Gasteiger partial charge in [0.1, 0.15) is 5.75 Å². The van der Waals surface area contributed by atoms with Crippen molar-refractivity contribution in [3.63, 3.8) is 0 Å². The summed E-state index contributed by atoms with van der Waals surface area (Å²) in [5.41, 5.74) is 6.49. The van der Waals surface area contributed by atoms with Crippen LogP contribution in [-0.2, 0) is 9.59 Å². The van der Waals surface area contributed by atoms with E-state index in [0.717, 1.165) is 25.9 Å². The predicted molar refractivity (Wildman–Crippen MR) is 93.8 cm³/mol. The van der Waals surface area contributed by atoms with Gasteiger partial charge >= 0.3 is 0 Å². The molecule has 0 bridgehead atoms. The second kappa shape index (κ2) is 8.68. The summed E-state index contributed by atoms with van der Waals surface area (Å²) in [6.07, 6.45) is 2.75. The summed E-state index contributed by atoms with van der Waals surface area (Å²) < 4.78 is 5.55. The molecule has 3 N–H and O–H groups in total. The van der Waals surface area contributed by atoms with Crippen LogP contribution < -0.4 is 15.8 Å². The average molecular weight is 333 g/mol. The quantitative estimate of drug-likeness (QED) is 0.799. The van der Waals surface area contributed by atoms with Gasteiger partial charge in [0.05, 0.1) is 6.04 Å². The van der Waals surface area contributed by atoms with E-state index in [0.29, 0.717) is 23.8 Å². The summed E-state index contributed by atoms with van der Waals surface area (Å²) in [6.45, 7) is 5.69. The SMILES string of the molecule is CC(C)C[C@H](N)C(=O)Nc1cccc(OCC(=O)N2CCCC2)c1. The van der Waals surface area contributed by atoms with E-state index >= 15 is 0 Å². The zero-order chi connectivity index (χ0) is 17.5. The number of amides is 2. The van der Waals surface area contributed by atoms with Gasteiger partial charge in [0, 0.05) is 24.8 Å². The van der Waals surface area contributed by atoms with Crippen LogP contribution in [0.3, 0.4) is 0 Å². The molecule has 0 saturated carbocycles. The van der Waals surface area contributed by atoms with Crippen molar-refractivity contribution in [1.82, 2.24) is 4.90 Å². The Hall–Kier alpha value is -2.08. The molecular weight excluding hydrogens is 306 g/mol. The maximum absolute atomic E-state index is 12.1. The minimum absolute atomic E-state index is 0.000828. The van der Waals surface area contributed by atoms with Crippen LogP contribution in [0.2, 0.25) is 0 Å². The Kier molecular flexibility index (Phi) is 6.61. The van der Waals surface area contributed by atoms with Gasteiger partial charge in [0.2, 0.25) is 5.91 Å². The summed E-state index contributed by atoms with van der Waals surface area (Å²) in [5.74, 6) is 0.699. The minimum Gasteiger partial charge on any atom is -0.484 e. The summed E-state index contributed by atoms with van der Waals surface area (Å²) in [6, 6.07) is 6.48. The van der Waals surface area contributed by atoms with E-state index in [1.165, 1.54) is 0 Å². The van der Waals surface area contributed by atoms with Crippen molar-refractivity contribution >= 4 is 17.5 Å². The van der Waals surface area contributed by atoms with E-state index in [9.17, 15) is 9.59 Å². The molecule has 1 heterocycles. The number of likely N-dealkylation sites (tertiary alicyclic amines) is 1. The highest BCUT2D eigenvalue weighted by atomic mass is 16.5. The number of benzene rings is 1. The Balaban J connectivity index is 1.86. The number of nitrogens with one attached hydrogen (secondary N) is 1. The third-order valence-corrected chi connectivity index (χ3v) is 3.98. The Morgan fingerprint density at radius 3 is 2.67 bits per heavy atom. The van der Waals surface area contributed by atoms with Crippen molar-refractivity contribution in [3.8, 4) is 5.75 Å². The number of nitrogens with two attached hydrogens (primary N) is 1. The number of nitrogens with zero attached hydrogens (tertiary/aromatic N) is 1. The molecule has 0 radical (unpaired) electrons. The third-order valence-electron chi connectivity index (χ3n) is 3.98. The van der Waals surface area contributed by atoms with Crippen molar-refractivity contribution in [1.29, 1.82) is 0 Å². The second-order valence-electron chi connectivity index (χ2n) is 6.63. The number of ether oxygens (including phenoxy) is 1. The number of hydrogen-bond acceptors (Lipinski definition) is 4. The summed E-state index contributed by atoms with van der Waals surface area (Å²) >= 11 is 0. The molecule has 132 valence electrons. The van der Waals surface area contributed by atoms with Crippen LogP contribution in [0.15, 0.2) is 24.3 Å². The second-order valence-corrected chi connectivity index (χ2v) is 6.63. The summed E-state index contributed by atoms with van der Waals surface area (Å²) in [4.78, 5) is 25.9. The molecule has 6 heteroatoms. The van der Waals surface area contributed by atoms with E-state index in [-0.39, 0.29) is 18.4 Å². The molecule has 0 aliphatic carbocycles. The first kappa shape index (κ1) is 18.3. The van der Waals surface area contributed by atoms with Gasteiger partial charge in [-0.05, 0) is 37.3 Å². The minimum atomic E-state index is -0.536. The molecule has 1 fully saturated rings. The van der Waals surface area contributed by atoms with Gasteiger partial charge in [0.25, 0.3) is 5.91 Å². The first-order valence-electron chi connectivity index (χ1n) is 8.53. The Labute approximate surface area is 143 Å². The van der Waals surface area contributed by atoms with E-state index in [2.05, 4.69) is 5.32 Å². The molecule has 0 spiro atoms. The lowest BCUT2D eigenvalue weighted by atomic mass is 10.0. The first-order chi connectivity index (χ1) is 11.5. The largest absolute Gasteiger partial charge is 0.484 e. The van der Waals surface area contributed by atoms with Crippen LogP contribution in [0, 0.1) is 5.92 Å². The van der Waals surface area contributed by atoms with Gasteiger partial charge in [-0.2, -0.15) is 0 Å². The standard InChI is InChI=1S/C18H27N3O3/c1-13(2)10-16(19)18(23)20-14-6-5-7-15(11-14)24-12-17(22)21-8-3-4-9-21/h5-7,11,13,16H,3-4,8-10,12,19H2,1-2H3,(H,20,23)/t16-/m0/s1. The Morgan fingerprint density at radius 1 is 1.29 bits per heavy atom. The van der Waals surface area contributed by atoms with Crippen molar-refractivity contribution in [2.24, 2.45) is 11.7 Å². The zero-order valence-corrected chi connectivity index (χ0v) is 14.5. The van der Waals surface area contributed by atoms with Gasteiger partial charge in [0.15, 0.2) is 6.61 Å². The van der Waals surface area contributed by atoms with Crippen LogP contribution in [-0.4, -0.2) is 42.5 Å². The highest BCUT2D eigenvalue weighted by molar-refractivity contribution is 5.94. The molecule has 1 atom stereocenters. The first-order valence-corrected chi connectivity index (χ1v) is 8.53. The number of carbonyl (C=O) groups excluding carboxylic acids is 2. The molecule has 0 unspecified atom stereocenters. The van der Waals surface area contributed by atoms with Crippen LogP contribution in [0.1, 0.15) is 33.1 Å². The monoisotopic (exact) mass is 333 g/mol. The fourth-order valence-corrected chi connectivity index (χ4v) is 2.72. The number of anilines is 1. The number of rotatable bonds is 7. The van der Waals surface area contributed by atoms with Crippen LogP contribution in [0.5, 0.6) is 5.75 Å². The van der Waals surface area contributed by atoms with Crippen LogP contribution in [0.25, 0.3) is 0 Å². The Morgan fingerprint density at radius 2 is 2.00 bits per heavy atom. The maximum atomic E-state index is 12.1. The van der Waals surface area contributed by atoms with Gasteiger partial charge in [-0.25, -0.2) is 0 Å². The number of carbonyl (C=O) groups is 2. The van der Waals surface area contributed by atoms with Gasteiger partial charge in [-0.15, -0.1) is 0 Å². The lowest BCUT2D eigenvalue weighted by molar-refractivity contribution is -0.132. The maximum Gasteiger partial charge on any atom is 0.260 e. The predicted octanol–water partition coefficient (Wildman–Crippen LogP) is 2.00. The van der Waals surface area contributed by atoms with Gasteiger partial charge in [-0.3, -0.25) is 9.59 Å². The van der Waals surface area contributed by atoms with E-state index in [4.69, 9.17) is 10.5 Å². The third kappa shape index (κ3) is 5.53. The molecule has 1 aliphatic heterocycles. The molecular formula is C18H27N3O3. The smallest absolute Gasteiger partial charge is 0.260 e. The molecule has 0 aromatic heterocycles. The van der Waals surface area contributed by atoms with Crippen molar-refractivity contribution in [2.45, 2.75) is 39.2 Å². The lowest BCUT2D eigenvalue weighted by Gasteiger charge is -2.16. The highest BCUT2D eigenvalue weighted by Gasteiger charge is 2.18. The summed E-state index contributed by atoms with van der Waals surface area (Å²) in [5, 5.41) is 2.79. The average Bonchev–Trinajstić information content (AvgIpc) is 3.07. The lowest BCUT2D eigenvalue weighted by Crippen LogP contribution is -2.36. The molecule has 6 nitrogen and oxygen atoms in total. The van der Waals surface area contributed by atoms with E-state index < -0.39 is 6.04 Å². The molecule has 2 rings (SSSR count). The van der Waals surface area contributed by atoms with E-state index in [1.54, 1.807) is 24.3 Å². The molecule has 24 heavy (non-hydrogen) atoms. The van der Waals surface area contributed by atoms with Crippen molar-refractivity contribution in [2.75, 3.05) is 25.0 Å². The van der Waals surface area contributed by atoms with Crippen LogP contribution >= 0.6 is 0 Å². The van der Waals surface area contributed by atoms with Crippen molar-refractivity contribution in [3.05, 3.63) is 24.3 Å². The molecule has 1 aromatic carbocycles. The summed E-state index contributed by atoms with van der Waals surface area (Å²) in [7, 11) is 0. The Bertz CT molecular complexity index is 568. The van der Waals surface area contributed by atoms with Crippen LogP contribution in [0.4, 0.5) is 5.69 Å². The highest BCUT2D eigenvalue weighted by Crippen LogP contribution is 2.18. The number of hydrogen-bond donors (Lipinski definition) is 2. The fourth-order valence-electron chi connectivity index (χ4n) is 2.72. The molecule has 2 amide bonds. The topological polar surface area (TPSA) is 84.7 Å². The van der Waals surface area contributed by atoms with Crippen molar-refractivity contribution < 1.29 is 14.3 Å². The molecule has 1 aliphatic rings. The zero-order valence-electron chi connectivity index (χ0n) is 14.5. The van der Waals surface area contributed by atoms with Gasteiger partial charge < -0.3 is 20.7 Å².